The van der Waals surface area contributed by atoms with Gasteiger partial charge in [0.15, 0.2) is 0 Å². The Kier molecular flexibility index (Phi) is 6.73. The van der Waals surface area contributed by atoms with Crippen molar-refractivity contribution >= 4 is 0 Å². The van der Waals surface area contributed by atoms with E-state index >= 15 is 0 Å². The number of hydrogen-bond donors (Lipinski definition) is 0. The SMILES string of the molecule is CCCc1ccccc1.CCc1ccccn1. The second-order valence-corrected chi connectivity index (χ2v) is 3.91. The van der Waals surface area contributed by atoms with Gasteiger partial charge in [-0.25, -0.2) is 0 Å². The van der Waals surface area contributed by atoms with E-state index in [1.807, 2.05) is 24.4 Å². The van der Waals surface area contributed by atoms with E-state index in [1.54, 1.807) is 0 Å². The Balaban J connectivity index is 0.000000171. The van der Waals surface area contributed by atoms with Gasteiger partial charge in [-0.05, 0) is 30.5 Å². The first-order chi connectivity index (χ1) is 8.36. The van der Waals surface area contributed by atoms with Crippen LogP contribution in [-0.4, -0.2) is 4.98 Å². The van der Waals surface area contributed by atoms with E-state index in [-0.39, 0.29) is 0 Å². The lowest BCUT2D eigenvalue weighted by Crippen LogP contribution is -1.81. The maximum atomic E-state index is 4.10. The van der Waals surface area contributed by atoms with Crippen LogP contribution >= 0.6 is 0 Å². The summed E-state index contributed by atoms with van der Waals surface area (Å²) in [5.41, 5.74) is 2.60. The minimum absolute atomic E-state index is 1.03. The number of pyridine rings is 1. The Morgan fingerprint density at radius 2 is 1.59 bits per heavy atom. The van der Waals surface area contributed by atoms with Gasteiger partial charge in [-0.2, -0.15) is 0 Å². The Morgan fingerprint density at radius 3 is 2.06 bits per heavy atom. The average molecular weight is 227 g/mol. The van der Waals surface area contributed by atoms with Gasteiger partial charge in [0, 0.05) is 11.9 Å². The summed E-state index contributed by atoms with van der Waals surface area (Å²) in [6.07, 6.45) is 5.30. The van der Waals surface area contributed by atoms with Crippen molar-refractivity contribution in [3.05, 3.63) is 66.0 Å². The van der Waals surface area contributed by atoms with Crippen molar-refractivity contribution in [2.24, 2.45) is 0 Å². The fourth-order valence-electron chi connectivity index (χ4n) is 1.54. The number of benzene rings is 1. The molecular weight excluding hydrogens is 206 g/mol. The fourth-order valence-corrected chi connectivity index (χ4v) is 1.54. The van der Waals surface area contributed by atoms with Crippen LogP contribution in [0.15, 0.2) is 54.7 Å². The molecule has 0 saturated heterocycles. The predicted molar refractivity (Wildman–Crippen MR) is 74.1 cm³/mol. The van der Waals surface area contributed by atoms with Gasteiger partial charge in [-0.1, -0.05) is 56.7 Å². The molecule has 1 aromatic carbocycles. The van der Waals surface area contributed by atoms with Gasteiger partial charge in [0.1, 0.15) is 0 Å². The molecule has 2 rings (SSSR count). The van der Waals surface area contributed by atoms with E-state index in [2.05, 4.69) is 49.2 Å². The van der Waals surface area contributed by atoms with Gasteiger partial charge in [-0.15, -0.1) is 0 Å². The number of aromatic nitrogens is 1. The molecular formula is C16H21N. The summed E-state index contributed by atoms with van der Waals surface area (Å²) in [6.45, 7) is 4.30. The minimum atomic E-state index is 1.03. The maximum absolute atomic E-state index is 4.10. The summed E-state index contributed by atoms with van der Waals surface area (Å²) in [5.74, 6) is 0. The van der Waals surface area contributed by atoms with Crippen molar-refractivity contribution in [3.8, 4) is 0 Å². The van der Waals surface area contributed by atoms with Crippen LogP contribution in [0.25, 0.3) is 0 Å². The molecule has 1 heterocycles. The number of nitrogens with zero attached hydrogens (tertiary/aromatic N) is 1. The van der Waals surface area contributed by atoms with E-state index in [4.69, 9.17) is 0 Å². The lowest BCUT2D eigenvalue weighted by Gasteiger charge is -1.93. The lowest BCUT2D eigenvalue weighted by atomic mass is 10.1. The molecule has 1 aromatic heterocycles. The average Bonchev–Trinajstić information content (AvgIpc) is 2.42. The van der Waals surface area contributed by atoms with Crippen LogP contribution in [0.1, 0.15) is 31.5 Å². The summed E-state index contributed by atoms with van der Waals surface area (Å²) >= 11 is 0. The Morgan fingerprint density at radius 1 is 0.882 bits per heavy atom. The third kappa shape index (κ3) is 5.86. The molecule has 0 amide bonds. The van der Waals surface area contributed by atoms with Gasteiger partial charge in [-0.3, -0.25) is 4.98 Å². The van der Waals surface area contributed by atoms with Crippen LogP contribution in [0.4, 0.5) is 0 Å². The van der Waals surface area contributed by atoms with Crippen LogP contribution < -0.4 is 0 Å². The van der Waals surface area contributed by atoms with Gasteiger partial charge in [0.25, 0.3) is 0 Å². The highest BCUT2D eigenvalue weighted by Gasteiger charge is 1.84. The Bertz CT molecular complexity index is 381. The molecule has 17 heavy (non-hydrogen) atoms. The van der Waals surface area contributed by atoms with E-state index in [9.17, 15) is 0 Å². The van der Waals surface area contributed by atoms with Crippen molar-refractivity contribution in [1.29, 1.82) is 0 Å². The summed E-state index contributed by atoms with van der Waals surface area (Å²) < 4.78 is 0. The van der Waals surface area contributed by atoms with Gasteiger partial charge in [0.05, 0.1) is 0 Å². The van der Waals surface area contributed by atoms with Gasteiger partial charge < -0.3 is 0 Å². The molecule has 0 fully saturated rings. The third-order valence-electron chi connectivity index (χ3n) is 2.47. The Labute approximate surface area is 105 Å². The maximum Gasteiger partial charge on any atom is 0.0400 e. The van der Waals surface area contributed by atoms with Crippen LogP contribution in [0.2, 0.25) is 0 Å². The molecule has 0 radical (unpaired) electrons. The molecule has 0 spiro atoms. The summed E-state index contributed by atoms with van der Waals surface area (Å²) in [5, 5.41) is 0. The molecule has 0 aliphatic carbocycles. The summed E-state index contributed by atoms with van der Waals surface area (Å²) in [4.78, 5) is 4.10. The monoisotopic (exact) mass is 227 g/mol. The molecule has 90 valence electrons. The number of aryl methyl sites for hydroxylation is 2. The van der Waals surface area contributed by atoms with Crippen molar-refractivity contribution < 1.29 is 0 Å². The first-order valence-electron chi connectivity index (χ1n) is 6.30. The topological polar surface area (TPSA) is 12.9 Å². The second-order valence-electron chi connectivity index (χ2n) is 3.91. The highest BCUT2D eigenvalue weighted by Crippen LogP contribution is 2.00. The third-order valence-corrected chi connectivity index (χ3v) is 2.47. The standard InChI is InChI=1S/C9H12.C7H9N/c1-2-6-9-7-4-3-5-8-9;1-2-7-5-3-4-6-8-7/h3-5,7-8H,2,6H2,1H3;3-6H,2H2,1H3. The van der Waals surface area contributed by atoms with Crippen molar-refractivity contribution in [2.45, 2.75) is 33.1 Å². The highest BCUT2D eigenvalue weighted by atomic mass is 14.6. The quantitative estimate of drug-likeness (QED) is 0.762. The Hall–Kier alpha value is -1.63. The first-order valence-corrected chi connectivity index (χ1v) is 6.30. The van der Waals surface area contributed by atoms with Crippen LogP contribution in [0, 0.1) is 0 Å². The molecule has 0 aliphatic rings. The molecule has 0 aliphatic heterocycles. The zero-order valence-electron chi connectivity index (χ0n) is 10.8. The van der Waals surface area contributed by atoms with Crippen LogP contribution in [0.5, 0.6) is 0 Å². The lowest BCUT2D eigenvalue weighted by molar-refractivity contribution is 0.922. The fraction of sp³-hybridized carbons (Fsp3) is 0.312. The van der Waals surface area contributed by atoms with Crippen LogP contribution in [0.3, 0.4) is 0 Å². The molecule has 1 heteroatoms. The minimum Gasteiger partial charge on any atom is -0.261 e. The van der Waals surface area contributed by atoms with Crippen molar-refractivity contribution in [3.63, 3.8) is 0 Å². The molecule has 1 nitrogen and oxygen atoms in total. The molecule has 0 atom stereocenters. The zero-order chi connectivity index (χ0) is 12.3. The summed E-state index contributed by atoms with van der Waals surface area (Å²) in [7, 11) is 0. The summed E-state index contributed by atoms with van der Waals surface area (Å²) in [6, 6.07) is 16.5. The molecule has 2 aromatic rings. The van der Waals surface area contributed by atoms with Gasteiger partial charge in [0.2, 0.25) is 0 Å². The van der Waals surface area contributed by atoms with E-state index in [1.165, 1.54) is 18.4 Å². The van der Waals surface area contributed by atoms with Crippen molar-refractivity contribution in [2.75, 3.05) is 0 Å². The number of hydrogen-bond acceptors (Lipinski definition) is 1. The number of rotatable bonds is 3. The molecule has 0 saturated carbocycles. The van der Waals surface area contributed by atoms with E-state index in [0.717, 1.165) is 12.1 Å². The normalized spacial score (nSPS) is 9.29. The van der Waals surface area contributed by atoms with Crippen LogP contribution in [-0.2, 0) is 12.8 Å². The van der Waals surface area contributed by atoms with E-state index < -0.39 is 0 Å². The second kappa shape index (κ2) is 8.51. The molecule has 0 N–H and O–H groups in total. The molecule has 0 bridgehead atoms. The molecule has 0 unspecified atom stereocenters. The van der Waals surface area contributed by atoms with Gasteiger partial charge >= 0.3 is 0 Å². The highest BCUT2D eigenvalue weighted by molar-refractivity contribution is 5.14. The smallest absolute Gasteiger partial charge is 0.0400 e. The predicted octanol–water partition coefficient (Wildman–Crippen LogP) is 4.28. The zero-order valence-corrected chi connectivity index (χ0v) is 10.8. The largest absolute Gasteiger partial charge is 0.261 e. The van der Waals surface area contributed by atoms with Crippen molar-refractivity contribution in [1.82, 2.24) is 4.98 Å². The first kappa shape index (κ1) is 13.4. The van der Waals surface area contributed by atoms with E-state index in [0.29, 0.717) is 0 Å².